The SMILES string of the molecule is COC[C@H](C)Nc1ccc(S(=O)(=O)NCCCO)cc1C(=O)O. The molecule has 8 nitrogen and oxygen atoms in total. The molecule has 0 aromatic heterocycles. The summed E-state index contributed by atoms with van der Waals surface area (Å²) >= 11 is 0. The van der Waals surface area contributed by atoms with Crippen LogP contribution in [0.15, 0.2) is 23.1 Å². The highest BCUT2D eigenvalue weighted by molar-refractivity contribution is 7.89. The molecule has 0 spiro atoms. The van der Waals surface area contributed by atoms with E-state index < -0.39 is 16.0 Å². The van der Waals surface area contributed by atoms with Crippen molar-refractivity contribution in [3.05, 3.63) is 23.8 Å². The molecule has 0 saturated carbocycles. The molecule has 0 unspecified atom stereocenters. The van der Waals surface area contributed by atoms with Crippen molar-refractivity contribution in [1.82, 2.24) is 4.72 Å². The van der Waals surface area contributed by atoms with Gasteiger partial charge in [0.05, 0.1) is 17.1 Å². The van der Waals surface area contributed by atoms with Gasteiger partial charge >= 0.3 is 5.97 Å². The van der Waals surface area contributed by atoms with Crippen LogP contribution in [0.4, 0.5) is 5.69 Å². The van der Waals surface area contributed by atoms with Crippen LogP contribution in [0.1, 0.15) is 23.7 Å². The zero-order valence-corrected chi connectivity index (χ0v) is 13.9. The molecule has 0 amide bonds. The number of hydrogen-bond acceptors (Lipinski definition) is 6. The first-order valence-corrected chi connectivity index (χ1v) is 8.53. The van der Waals surface area contributed by atoms with E-state index in [0.717, 1.165) is 6.07 Å². The predicted molar refractivity (Wildman–Crippen MR) is 85.3 cm³/mol. The summed E-state index contributed by atoms with van der Waals surface area (Å²) in [7, 11) is -2.29. The lowest BCUT2D eigenvalue weighted by atomic mass is 10.1. The molecule has 4 N–H and O–H groups in total. The summed E-state index contributed by atoms with van der Waals surface area (Å²) in [6.45, 7) is 2.13. The molecule has 23 heavy (non-hydrogen) atoms. The largest absolute Gasteiger partial charge is 0.478 e. The second-order valence-electron chi connectivity index (χ2n) is 4.99. The summed E-state index contributed by atoms with van der Waals surface area (Å²) in [5.41, 5.74) is 0.175. The number of anilines is 1. The van der Waals surface area contributed by atoms with E-state index in [9.17, 15) is 18.3 Å². The summed E-state index contributed by atoms with van der Waals surface area (Å²) < 4.78 is 31.5. The number of benzene rings is 1. The molecule has 0 aliphatic rings. The standard InChI is InChI=1S/C14H22N2O6S/c1-10(9-22-2)16-13-5-4-11(8-12(13)14(18)19)23(20,21)15-6-3-7-17/h4-5,8,10,15-17H,3,6-7,9H2,1-2H3,(H,18,19)/t10-/m0/s1. The van der Waals surface area contributed by atoms with E-state index in [-0.39, 0.29) is 36.1 Å². The number of aliphatic hydroxyl groups is 1. The number of carboxylic acid groups (broad SMARTS) is 1. The van der Waals surface area contributed by atoms with E-state index in [1.165, 1.54) is 19.2 Å². The van der Waals surface area contributed by atoms with Crippen LogP contribution in [0.25, 0.3) is 0 Å². The summed E-state index contributed by atoms with van der Waals surface area (Å²) in [5.74, 6) is -1.23. The summed E-state index contributed by atoms with van der Waals surface area (Å²) in [6, 6.07) is 3.71. The number of carbonyl (C=O) groups is 1. The number of aliphatic hydroxyl groups excluding tert-OH is 1. The van der Waals surface area contributed by atoms with Crippen molar-refractivity contribution in [1.29, 1.82) is 0 Å². The molecule has 1 aromatic rings. The van der Waals surface area contributed by atoms with Gasteiger partial charge in [-0.2, -0.15) is 0 Å². The number of aromatic carboxylic acids is 1. The number of nitrogens with one attached hydrogen (secondary N) is 2. The molecule has 1 aromatic carbocycles. The van der Waals surface area contributed by atoms with E-state index in [2.05, 4.69) is 10.0 Å². The quantitative estimate of drug-likeness (QED) is 0.454. The van der Waals surface area contributed by atoms with Crippen molar-refractivity contribution in [3.8, 4) is 0 Å². The van der Waals surface area contributed by atoms with Crippen LogP contribution in [0.5, 0.6) is 0 Å². The first-order chi connectivity index (χ1) is 10.8. The Kier molecular flexibility index (Phi) is 7.43. The Bertz CT molecular complexity index is 632. The van der Waals surface area contributed by atoms with Crippen molar-refractivity contribution in [2.45, 2.75) is 24.3 Å². The van der Waals surface area contributed by atoms with E-state index in [0.29, 0.717) is 12.3 Å². The van der Waals surface area contributed by atoms with Crippen LogP contribution in [0, 0.1) is 0 Å². The van der Waals surface area contributed by atoms with E-state index in [1.54, 1.807) is 0 Å². The van der Waals surface area contributed by atoms with E-state index >= 15 is 0 Å². The van der Waals surface area contributed by atoms with Crippen LogP contribution in [-0.2, 0) is 14.8 Å². The average molecular weight is 346 g/mol. The summed E-state index contributed by atoms with van der Waals surface area (Å²) in [6.07, 6.45) is 0.277. The number of rotatable bonds is 10. The fourth-order valence-electron chi connectivity index (χ4n) is 1.92. The third kappa shape index (κ3) is 5.79. The Labute approximate surface area is 135 Å². The van der Waals surface area contributed by atoms with Crippen LogP contribution >= 0.6 is 0 Å². The third-order valence-corrected chi connectivity index (χ3v) is 4.44. The highest BCUT2D eigenvalue weighted by Crippen LogP contribution is 2.21. The molecule has 9 heteroatoms. The second-order valence-corrected chi connectivity index (χ2v) is 6.76. The van der Waals surface area contributed by atoms with Crippen molar-refractivity contribution in [3.63, 3.8) is 0 Å². The number of methoxy groups -OCH3 is 1. The Morgan fingerprint density at radius 3 is 2.65 bits per heavy atom. The molecule has 0 heterocycles. The van der Waals surface area contributed by atoms with Gasteiger partial charge in [0.2, 0.25) is 10.0 Å². The van der Waals surface area contributed by atoms with Gasteiger partial charge in [0.25, 0.3) is 0 Å². The van der Waals surface area contributed by atoms with Crippen molar-refractivity contribution < 1.29 is 28.2 Å². The van der Waals surface area contributed by atoms with Crippen LogP contribution < -0.4 is 10.0 Å². The highest BCUT2D eigenvalue weighted by atomic mass is 32.2. The van der Waals surface area contributed by atoms with Crippen molar-refractivity contribution in [2.75, 3.05) is 32.2 Å². The van der Waals surface area contributed by atoms with Crippen LogP contribution in [0.3, 0.4) is 0 Å². The maximum absolute atomic E-state index is 12.1. The van der Waals surface area contributed by atoms with Crippen molar-refractivity contribution >= 4 is 21.7 Å². The molecule has 0 radical (unpaired) electrons. The fraction of sp³-hybridized carbons (Fsp3) is 0.500. The van der Waals surface area contributed by atoms with Gasteiger partial charge < -0.3 is 20.3 Å². The lowest BCUT2D eigenvalue weighted by molar-refractivity contribution is 0.0697. The van der Waals surface area contributed by atoms with Gasteiger partial charge in [-0.15, -0.1) is 0 Å². The predicted octanol–water partition coefficient (Wildman–Crippen LogP) is 0.492. The molecule has 0 aliphatic carbocycles. The van der Waals surface area contributed by atoms with Gasteiger partial charge in [-0.1, -0.05) is 0 Å². The van der Waals surface area contributed by atoms with Gasteiger partial charge in [0, 0.05) is 32.0 Å². The lowest BCUT2D eigenvalue weighted by Gasteiger charge is -2.17. The van der Waals surface area contributed by atoms with Crippen LogP contribution in [-0.4, -0.2) is 57.5 Å². The zero-order valence-electron chi connectivity index (χ0n) is 13.1. The van der Waals surface area contributed by atoms with Crippen molar-refractivity contribution in [2.24, 2.45) is 0 Å². The summed E-state index contributed by atoms with van der Waals surface area (Å²) in [5, 5.41) is 20.9. The Balaban J connectivity index is 3.05. The highest BCUT2D eigenvalue weighted by Gasteiger charge is 2.19. The van der Waals surface area contributed by atoms with Gasteiger partial charge in [-0.25, -0.2) is 17.9 Å². The molecule has 1 atom stereocenters. The monoisotopic (exact) mass is 346 g/mol. The Hall–Kier alpha value is -1.68. The molecule has 1 rings (SSSR count). The minimum absolute atomic E-state index is 0.0755. The van der Waals surface area contributed by atoms with E-state index in [4.69, 9.17) is 9.84 Å². The molecule has 130 valence electrons. The fourth-order valence-corrected chi connectivity index (χ4v) is 3.02. The lowest BCUT2D eigenvalue weighted by Crippen LogP contribution is -2.26. The third-order valence-electron chi connectivity index (χ3n) is 2.98. The van der Waals surface area contributed by atoms with E-state index in [1.807, 2.05) is 6.92 Å². The Morgan fingerprint density at radius 2 is 2.09 bits per heavy atom. The molecule has 0 aliphatic heterocycles. The number of hydrogen-bond donors (Lipinski definition) is 4. The molecule has 0 fully saturated rings. The molecular weight excluding hydrogens is 324 g/mol. The normalized spacial score (nSPS) is 12.8. The molecule has 0 saturated heterocycles. The molecular formula is C14H22N2O6S. The second kappa shape index (κ2) is 8.82. The summed E-state index contributed by atoms with van der Waals surface area (Å²) in [4.78, 5) is 11.2. The topological polar surface area (TPSA) is 125 Å². The van der Waals surface area contributed by atoms with Gasteiger partial charge in [0.15, 0.2) is 0 Å². The molecule has 0 bridgehead atoms. The minimum atomic E-state index is -3.82. The number of sulfonamides is 1. The van der Waals surface area contributed by atoms with Gasteiger partial charge in [0.1, 0.15) is 0 Å². The zero-order chi connectivity index (χ0) is 17.5. The van der Waals surface area contributed by atoms with Gasteiger partial charge in [-0.05, 0) is 31.5 Å². The minimum Gasteiger partial charge on any atom is -0.478 e. The number of ether oxygens (including phenoxy) is 1. The maximum atomic E-state index is 12.1. The van der Waals surface area contributed by atoms with Gasteiger partial charge in [-0.3, -0.25) is 0 Å². The number of carboxylic acids is 1. The smallest absolute Gasteiger partial charge is 0.337 e. The average Bonchev–Trinajstić information content (AvgIpc) is 2.47. The maximum Gasteiger partial charge on any atom is 0.337 e. The van der Waals surface area contributed by atoms with Crippen LogP contribution in [0.2, 0.25) is 0 Å². The first-order valence-electron chi connectivity index (χ1n) is 7.05. The first kappa shape index (κ1) is 19.4. The Morgan fingerprint density at radius 1 is 1.39 bits per heavy atom.